The summed E-state index contributed by atoms with van der Waals surface area (Å²) in [5.74, 6) is 0.234. The summed E-state index contributed by atoms with van der Waals surface area (Å²) in [6.07, 6.45) is 1.71. The number of nitriles is 1. The van der Waals surface area contributed by atoms with Gasteiger partial charge in [0, 0.05) is 17.6 Å². The number of rotatable bonds is 5. The fourth-order valence-electron chi connectivity index (χ4n) is 2.23. The molecule has 0 aliphatic heterocycles. The van der Waals surface area contributed by atoms with Crippen LogP contribution in [0.1, 0.15) is 21.6 Å². The van der Waals surface area contributed by atoms with Gasteiger partial charge in [0.25, 0.3) is 5.91 Å². The van der Waals surface area contributed by atoms with Crippen LogP contribution >= 0.6 is 11.8 Å². The maximum absolute atomic E-state index is 12.4. The number of para-hydroxylation sites is 1. The van der Waals surface area contributed by atoms with Gasteiger partial charge in [-0.2, -0.15) is 5.26 Å². The van der Waals surface area contributed by atoms with E-state index >= 15 is 0 Å². The molecule has 3 rings (SSSR count). The van der Waals surface area contributed by atoms with Crippen molar-refractivity contribution in [3.05, 3.63) is 77.6 Å². The van der Waals surface area contributed by atoms with E-state index < -0.39 is 5.91 Å². The Labute approximate surface area is 155 Å². The number of nitrogens with one attached hydrogen (secondary N) is 1. The molecule has 0 atom stereocenters. The lowest BCUT2D eigenvalue weighted by Crippen LogP contribution is -2.15. The van der Waals surface area contributed by atoms with Gasteiger partial charge in [-0.25, -0.2) is 4.98 Å². The highest BCUT2D eigenvalue weighted by molar-refractivity contribution is 7.98. The highest BCUT2D eigenvalue weighted by Gasteiger charge is 2.16. The fraction of sp³-hybridized carbons (Fsp3) is 0.0526. The number of benzene rings is 1. The van der Waals surface area contributed by atoms with E-state index in [1.165, 1.54) is 17.8 Å². The normalized spacial score (nSPS) is 10.1. The first kappa shape index (κ1) is 17.5. The number of carbonyl (C=O) groups is 1. The number of hydrogen-bond acceptors (Lipinski definition) is 6. The van der Waals surface area contributed by atoms with E-state index in [2.05, 4.69) is 21.4 Å². The van der Waals surface area contributed by atoms with E-state index in [4.69, 9.17) is 5.73 Å². The Morgan fingerprint density at radius 2 is 1.96 bits per heavy atom. The van der Waals surface area contributed by atoms with Crippen LogP contribution < -0.4 is 11.1 Å². The average Bonchev–Trinajstić information content (AvgIpc) is 2.68. The van der Waals surface area contributed by atoms with Crippen LogP contribution in [0.4, 0.5) is 11.5 Å². The fourth-order valence-corrected chi connectivity index (χ4v) is 3.11. The number of amides is 1. The number of nitrogens with zero attached hydrogens (tertiary/aromatic N) is 3. The van der Waals surface area contributed by atoms with Crippen molar-refractivity contribution in [3.8, 4) is 6.07 Å². The molecule has 1 amide bonds. The Kier molecular flexibility index (Phi) is 5.46. The van der Waals surface area contributed by atoms with Crippen LogP contribution in [0.2, 0.25) is 0 Å². The molecule has 0 fully saturated rings. The molecule has 128 valence electrons. The average molecular weight is 361 g/mol. The molecule has 0 unspecified atom stereocenters. The van der Waals surface area contributed by atoms with Crippen molar-refractivity contribution in [3.63, 3.8) is 0 Å². The Morgan fingerprint density at radius 3 is 2.65 bits per heavy atom. The van der Waals surface area contributed by atoms with Crippen LogP contribution in [0, 0.1) is 11.3 Å². The lowest BCUT2D eigenvalue weighted by molar-refractivity contribution is 0.102. The van der Waals surface area contributed by atoms with Crippen molar-refractivity contribution < 1.29 is 4.79 Å². The van der Waals surface area contributed by atoms with Gasteiger partial charge < -0.3 is 11.1 Å². The Balaban J connectivity index is 1.80. The van der Waals surface area contributed by atoms with Crippen molar-refractivity contribution >= 4 is 29.2 Å². The second-order valence-electron chi connectivity index (χ2n) is 5.32. The molecule has 2 heterocycles. The number of hydrogen-bond donors (Lipinski definition) is 2. The van der Waals surface area contributed by atoms with Crippen LogP contribution in [-0.4, -0.2) is 15.9 Å². The minimum Gasteiger partial charge on any atom is -0.383 e. The van der Waals surface area contributed by atoms with Gasteiger partial charge in [0.1, 0.15) is 16.9 Å². The topological polar surface area (TPSA) is 105 Å². The molecule has 7 heteroatoms. The number of pyridine rings is 2. The minimum absolute atomic E-state index is 0.0842. The van der Waals surface area contributed by atoms with Gasteiger partial charge in [-0.05, 0) is 30.3 Å². The molecule has 0 aliphatic carbocycles. The third-order valence-corrected chi connectivity index (χ3v) is 4.52. The van der Waals surface area contributed by atoms with Crippen LogP contribution in [0.5, 0.6) is 0 Å². The zero-order valence-electron chi connectivity index (χ0n) is 13.7. The smallest absolute Gasteiger partial charge is 0.259 e. The lowest BCUT2D eigenvalue weighted by atomic mass is 10.2. The SMILES string of the molecule is N#Cc1cc(C(=O)Nc2ccccc2)c(N)nc1SCc1ccccn1. The molecule has 0 saturated carbocycles. The van der Waals surface area contributed by atoms with Crippen molar-refractivity contribution in [2.75, 3.05) is 11.1 Å². The first-order valence-corrected chi connectivity index (χ1v) is 8.75. The van der Waals surface area contributed by atoms with E-state index in [0.717, 1.165) is 5.69 Å². The number of anilines is 2. The van der Waals surface area contributed by atoms with Crippen molar-refractivity contribution in [1.29, 1.82) is 5.26 Å². The number of nitrogen functional groups attached to an aromatic ring is 1. The van der Waals surface area contributed by atoms with Gasteiger partial charge in [-0.15, -0.1) is 0 Å². The monoisotopic (exact) mass is 361 g/mol. The lowest BCUT2D eigenvalue weighted by Gasteiger charge is -2.10. The van der Waals surface area contributed by atoms with Crippen LogP contribution in [0.15, 0.2) is 65.8 Å². The molecule has 1 aromatic carbocycles. The third kappa shape index (κ3) is 4.18. The zero-order valence-corrected chi connectivity index (χ0v) is 14.5. The maximum atomic E-state index is 12.4. The standard InChI is InChI=1S/C19H15N5OS/c20-11-13-10-16(18(25)23-14-6-2-1-3-7-14)17(21)24-19(13)26-12-15-8-4-5-9-22-15/h1-10H,12H2,(H2,21,24)(H,23,25). The van der Waals surface area contributed by atoms with E-state index in [0.29, 0.717) is 22.0 Å². The van der Waals surface area contributed by atoms with Crippen molar-refractivity contribution in [1.82, 2.24) is 9.97 Å². The third-order valence-electron chi connectivity index (χ3n) is 3.50. The van der Waals surface area contributed by atoms with Gasteiger partial charge in [0.2, 0.25) is 0 Å². The maximum Gasteiger partial charge on any atom is 0.259 e. The molecule has 26 heavy (non-hydrogen) atoms. The van der Waals surface area contributed by atoms with Crippen LogP contribution in [0.3, 0.4) is 0 Å². The summed E-state index contributed by atoms with van der Waals surface area (Å²) in [4.78, 5) is 20.9. The summed E-state index contributed by atoms with van der Waals surface area (Å²) >= 11 is 1.36. The van der Waals surface area contributed by atoms with Gasteiger partial charge in [-0.3, -0.25) is 9.78 Å². The second kappa shape index (κ2) is 8.14. The van der Waals surface area contributed by atoms with Gasteiger partial charge in [0.05, 0.1) is 16.8 Å². The highest BCUT2D eigenvalue weighted by atomic mass is 32.2. The van der Waals surface area contributed by atoms with E-state index in [-0.39, 0.29) is 11.4 Å². The molecule has 0 aliphatic rings. The summed E-state index contributed by atoms with van der Waals surface area (Å²) < 4.78 is 0. The molecular weight excluding hydrogens is 346 g/mol. The largest absolute Gasteiger partial charge is 0.383 e. The summed E-state index contributed by atoms with van der Waals surface area (Å²) in [5, 5.41) is 12.6. The summed E-state index contributed by atoms with van der Waals surface area (Å²) in [7, 11) is 0. The highest BCUT2D eigenvalue weighted by Crippen LogP contribution is 2.27. The summed E-state index contributed by atoms with van der Waals surface area (Å²) in [6, 6.07) is 18.2. The van der Waals surface area contributed by atoms with Gasteiger partial charge in [0.15, 0.2) is 0 Å². The van der Waals surface area contributed by atoms with Gasteiger partial charge in [-0.1, -0.05) is 36.0 Å². The van der Waals surface area contributed by atoms with E-state index in [1.807, 2.05) is 36.4 Å². The predicted molar refractivity (Wildman–Crippen MR) is 102 cm³/mol. The van der Waals surface area contributed by atoms with Crippen LogP contribution in [-0.2, 0) is 5.75 Å². The molecule has 0 radical (unpaired) electrons. The first-order valence-electron chi connectivity index (χ1n) is 7.77. The van der Waals surface area contributed by atoms with E-state index in [9.17, 15) is 10.1 Å². The van der Waals surface area contributed by atoms with Crippen molar-refractivity contribution in [2.45, 2.75) is 10.8 Å². The zero-order chi connectivity index (χ0) is 18.4. The minimum atomic E-state index is -0.404. The Morgan fingerprint density at radius 1 is 1.19 bits per heavy atom. The molecule has 2 aromatic heterocycles. The Bertz CT molecular complexity index is 955. The number of carbonyl (C=O) groups excluding carboxylic acids is 1. The molecule has 0 spiro atoms. The molecule has 3 N–H and O–H groups in total. The predicted octanol–water partition coefficient (Wildman–Crippen LogP) is 3.48. The van der Waals surface area contributed by atoms with Gasteiger partial charge >= 0.3 is 0 Å². The number of nitrogens with two attached hydrogens (primary N) is 1. The molecule has 3 aromatic rings. The van der Waals surface area contributed by atoms with Crippen LogP contribution in [0.25, 0.3) is 0 Å². The quantitative estimate of drug-likeness (QED) is 0.674. The summed E-state index contributed by atoms with van der Waals surface area (Å²) in [6.45, 7) is 0. The number of aromatic nitrogens is 2. The van der Waals surface area contributed by atoms with Crippen molar-refractivity contribution in [2.24, 2.45) is 0 Å². The number of thioether (sulfide) groups is 1. The molecule has 0 bridgehead atoms. The molecule has 0 saturated heterocycles. The Hall–Kier alpha value is -3.37. The summed E-state index contributed by atoms with van der Waals surface area (Å²) in [5.41, 5.74) is 7.95. The molecule has 6 nitrogen and oxygen atoms in total. The second-order valence-corrected chi connectivity index (χ2v) is 6.28. The van der Waals surface area contributed by atoms with E-state index in [1.54, 1.807) is 18.3 Å². The molecular formula is C19H15N5OS. The first-order chi connectivity index (χ1) is 12.7.